The summed E-state index contributed by atoms with van der Waals surface area (Å²) in [4.78, 5) is 0. The second kappa shape index (κ2) is 6.93. The summed E-state index contributed by atoms with van der Waals surface area (Å²) in [6.07, 6.45) is 15.1. The molecule has 1 atom stereocenters. The molecule has 1 aliphatic carbocycles. The number of nitrogens with zero attached hydrogens (tertiary/aromatic N) is 2. The number of aromatic nitrogens is 2. The third kappa shape index (κ3) is 4.13. The summed E-state index contributed by atoms with van der Waals surface area (Å²) in [5.41, 5.74) is 1.36. The van der Waals surface area contributed by atoms with Crippen molar-refractivity contribution >= 4 is 0 Å². The lowest BCUT2D eigenvalue weighted by Gasteiger charge is -2.26. The minimum Gasteiger partial charge on any atom is -0.317 e. The molecule has 0 amide bonds. The van der Waals surface area contributed by atoms with Crippen LogP contribution >= 0.6 is 0 Å². The molecule has 1 aromatic rings. The van der Waals surface area contributed by atoms with E-state index < -0.39 is 0 Å². The highest BCUT2D eigenvalue weighted by Crippen LogP contribution is 2.28. The SMILES string of the molecule is CNC(CCc1cnn(C)c1)CC1CCCCC1. The highest BCUT2D eigenvalue weighted by molar-refractivity contribution is 5.04. The summed E-state index contributed by atoms with van der Waals surface area (Å²) in [5, 5.41) is 7.73. The van der Waals surface area contributed by atoms with Gasteiger partial charge in [-0.25, -0.2) is 0 Å². The van der Waals surface area contributed by atoms with Crippen LogP contribution in [0.2, 0.25) is 0 Å². The van der Waals surface area contributed by atoms with Gasteiger partial charge in [-0.05, 0) is 37.8 Å². The van der Waals surface area contributed by atoms with Crippen molar-refractivity contribution in [2.24, 2.45) is 13.0 Å². The Morgan fingerprint density at radius 2 is 2.17 bits per heavy atom. The lowest BCUT2D eigenvalue weighted by Crippen LogP contribution is -2.29. The van der Waals surface area contributed by atoms with E-state index in [1.165, 1.54) is 50.5 Å². The van der Waals surface area contributed by atoms with E-state index >= 15 is 0 Å². The molecular formula is C15H27N3. The molecule has 18 heavy (non-hydrogen) atoms. The summed E-state index contributed by atoms with van der Waals surface area (Å²) in [6, 6.07) is 0.674. The molecule has 1 heterocycles. The van der Waals surface area contributed by atoms with Crippen molar-refractivity contribution in [2.45, 2.75) is 57.4 Å². The average molecular weight is 249 g/mol. The van der Waals surface area contributed by atoms with Crippen molar-refractivity contribution < 1.29 is 0 Å². The zero-order valence-corrected chi connectivity index (χ0v) is 11.9. The molecule has 1 aromatic heterocycles. The molecule has 3 heteroatoms. The maximum atomic E-state index is 4.23. The summed E-state index contributed by atoms with van der Waals surface area (Å²) in [5.74, 6) is 0.963. The van der Waals surface area contributed by atoms with Gasteiger partial charge in [0.05, 0.1) is 6.20 Å². The van der Waals surface area contributed by atoms with Crippen LogP contribution in [0.25, 0.3) is 0 Å². The van der Waals surface area contributed by atoms with Crippen LogP contribution in [-0.4, -0.2) is 22.9 Å². The number of aryl methyl sites for hydroxylation is 2. The molecule has 0 radical (unpaired) electrons. The number of hydrogen-bond acceptors (Lipinski definition) is 2. The maximum absolute atomic E-state index is 4.23. The van der Waals surface area contributed by atoms with E-state index in [1.807, 2.05) is 17.9 Å². The van der Waals surface area contributed by atoms with Gasteiger partial charge in [-0.2, -0.15) is 5.10 Å². The third-order valence-electron chi connectivity index (χ3n) is 4.29. The molecule has 1 aliphatic rings. The van der Waals surface area contributed by atoms with Crippen molar-refractivity contribution in [3.63, 3.8) is 0 Å². The second-order valence-corrected chi connectivity index (χ2v) is 5.79. The standard InChI is InChI=1S/C15H27N3/c1-16-15(10-13-6-4-3-5-7-13)9-8-14-11-17-18(2)12-14/h11-13,15-16H,3-10H2,1-2H3. The number of nitrogens with one attached hydrogen (secondary N) is 1. The Morgan fingerprint density at radius 1 is 1.39 bits per heavy atom. The third-order valence-corrected chi connectivity index (χ3v) is 4.29. The monoisotopic (exact) mass is 249 g/mol. The molecule has 2 rings (SSSR count). The molecule has 3 nitrogen and oxygen atoms in total. The Kier molecular flexibility index (Phi) is 5.24. The first-order valence-electron chi connectivity index (χ1n) is 7.42. The molecule has 0 bridgehead atoms. The first-order chi connectivity index (χ1) is 8.78. The predicted molar refractivity (Wildman–Crippen MR) is 75.6 cm³/mol. The van der Waals surface area contributed by atoms with Crippen molar-refractivity contribution in [1.82, 2.24) is 15.1 Å². The molecule has 1 N–H and O–H groups in total. The first-order valence-corrected chi connectivity index (χ1v) is 7.42. The van der Waals surface area contributed by atoms with Crippen LogP contribution in [-0.2, 0) is 13.5 Å². The summed E-state index contributed by atoms with van der Waals surface area (Å²) >= 11 is 0. The van der Waals surface area contributed by atoms with Crippen LogP contribution < -0.4 is 5.32 Å². The number of hydrogen-bond donors (Lipinski definition) is 1. The molecule has 0 spiro atoms. The molecule has 1 unspecified atom stereocenters. The van der Waals surface area contributed by atoms with Crippen molar-refractivity contribution in [1.29, 1.82) is 0 Å². The lowest BCUT2D eigenvalue weighted by molar-refractivity contribution is 0.297. The van der Waals surface area contributed by atoms with Crippen LogP contribution in [0, 0.1) is 5.92 Å². The Morgan fingerprint density at radius 3 is 2.78 bits per heavy atom. The summed E-state index contributed by atoms with van der Waals surface area (Å²) in [7, 11) is 4.10. The van der Waals surface area contributed by atoms with E-state index in [-0.39, 0.29) is 0 Å². The van der Waals surface area contributed by atoms with Gasteiger partial charge in [0.1, 0.15) is 0 Å². The average Bonchev–Trinajstić information content (AvgIpc) is 2.81. The van der Waals surface area contributed by atoms with E-state index in [0.29, 0.717) is 6.04 Å². The van der Waals surface area contributed by atoms with E-state index in [1.54, 1.807) is 0 Å². The van der Waals surface area contributed by atoms with Gasteiger partial charge in [0, 0.05) is 19.3 Å². The highest BCUT2D eigenvalue weighted by Gasteiger charge is 2.17. The second-order valence-electron chi connectivity index (χ2n) is 5.79. The van der Waals surface area contributed by atoms with Gasteiger partial charge >= 0.3 is 0 Å². The van der Waals surface area contributed by atoms with Gasteiger partial charge in [0.15, 0.2) is 0 Å². The van der Waals surface area contributed by atoms with E-state index in [4.69, 9.17) is 0 Å². The minimum atomic E-state index is 0.674. The van der Waals surface area contributed by atoms with Crippen LogP contribution in [0.1, 0.15) is 50.5 Å². The fourth-order valence-corrected chi connectivity index (χ4v) is 3.15. The fraction of sp³-hybridized carbons (Fsp3) is 0.800. The van der Waals surface area contributed by atoms with Gasteiger partial charge in [0.2, 0.25) is 0 Å². The topological polar surface area (TPSA) is 29.9 Å². The normalized spacial score (nSPS) is 19.0. The van der Waals surface area contributed by atoms with Crippen LogP contribution in [0.4, 0.5) is 0 Å². The molecule has 102 valence electrons. The Bertz CT molecular complexity index is 339. The highest BCUT2D eigenvalue weighted by atomic mass is 15.2. The van der Waals surface area contributed by atoms with Gasteiger partial charge in [-0.1, -0.05) is 32.1 Å². The molecule has 0 aromatic carbocycles. The van der Waals surface area contributed by atoms with Crippen molar-refractivity contribution in [3.8, 4) is 0 Å². The predicted octanol–water partition coefficient (Wildman–Crippen LogP) is 2.91. The zero-order chi connectivity index (χ0) is 12.8. The van der Waals surface area contributed by atoms with E-state index in [2.05, 4.69) is 23.7 Å². The van der Waals surface area contributed by atoms with Crippen LogP contribution in [0.5, 0.6) is 0 Å². The smallest absolute Gasteiger partial charge is 0.0521 e. The summed E-state index contributed by atoms with van der Waals surface area (Å²) < 4.78 is 1.89. The maximum Gasteiger partial charge on any atom is 0.0521 e. The van der Waals surface area contributed by atoms with Gasteiger partial charge in [0.25, 0.3) is 0 Å². The van der Waals surface area contributed by atoms with Gasteiger partial charge in [-0.15, -0.1) is 0 Å². The molecular weight excluding hydrogens is 222 g/mol. The van der Waals surface area contributed by atoms with Gasteiger partial charge in [-0.3, -0.25) is 4.68 Å². The Balaban J connectivity index is 1.74. The lowest BCUT2D eigenvalue weighted by atomic mass is 9.84. The van der Waals surface area contributed by atoms with E-state index in [0.717, 1.165) is 12.3 Å². The minimum absolute atomic E-state index is 0.674. The fourth-order valence-electron chi connectivity index (χ4n) is 3.15. The molecule has 0 aliphatic heterocycles. The Hall–Kier alpha value is -0.830. The number of rotatable bonds is 6. The van der Waals surface area contributed by atoms with Crippen molar-refractivity contribution in [2.75, 3.05) is 7.05 Å². The quantitative estimate of drug-likeness (QED) is 0.840. The summed E-state index contributed by atoms with van der Waals surface area (Å²) in [6.45, 7) is 0. The Labute approximate surface area is 111 Å². The zero-order valence-electron chi connectivity index (χ0n) is 11.9. The molecule has 0 saturated heterocycles. The molecule has 1 fully saturated rings. The largest absolute Gasteiger partial charge is 0.317 e. The first kappa shape index (κ1) is 13.6. The van der Waals surface area contributed by atoms with Crippen LogP contribution in [0.3, 0.4) is 0 Å². The van der Waals surface area contributed by atoms with Gasteiger partial charge < -0.3 is 5.32 Å². The van der Waals surface area contributed by atoms with Crippen LogP contribution in [0.15, 0.2) is 12.4 Å². The van der Waals surface area contributed by atoms with E-state index in [9.17, 15) is 0 Å². The molecule has 1 saturated carbocycles. The van der Waals surface area contributed by atoms with Crippen molar-refractivity contribution in [3.05, 3.63) is 18.0 Å².